The number of nitrogens with zero attached hydrogens (tertiary/aromatic N) is 1. The van der Waals surface area contributed by atoms with Crippen LogP contribution in [0.5, 0.6) is 0 Å². The van der Waals surface area contributed by atoms with Gasteiger partial charge in [-0.3, -0.25) is 4.79 Å². The number of rotatable bonds is 5. The van der Waals surface area contributed by atoms with E-state index in [2.05, 4.69) is 24.0 Å². The van der Waals surface area contributed by atoms with Crippen molar-refractivity contribution < 1.29 is 9.90 Å². The maximum atomic E-state index is 10.6. The molecule has 1 saturated carbocycles. The van der Waals surface area contributed by atoms with Gasteiger partial charge in [0.25, 0.3) is 0 Å². The summed E-state index contributed by atoms with van der Waals surface area (Å²) in [6, 6.07) is 8.64. The molecule has 0 saturated heterocycles. The van der Waals surface area contributed by atoms with E-state index in [1.165, 1.54) is 31.4 Å². The van der Waals surface area contributed by atoms with E-state index in [9.17, 15) is 4.79 Å². The molecule has 2 rings (SSSR count). The summed E-state index contributed by atoms with van der Waals surface area (Å²) in [6.07, 6.45) is 5.34. The Morgan fingerprint density at radius 1 is 1.28 bits per heavy atom. The minimum absolute atomic E-state index is 0.107. The third kappa shape index (κ3) is 3.03. The van der Waals surface area contributed by atoms with Crippen LogP contribution in [0.4, 0.5) is 5.69 Å². The molecule has 0 aliphatic heterocycles. The molecule has 0 aromatic heterocycles. The van der Waals surface area contributed by atoms with Crippen LogP contribution in [0.1, 0.15) is 38.2 Å². The van der Waals surface area contributed by atoms with E-state index in [0.29, 0.717) is 6.04 Å². The molecule has 1 aromatic rings. The van der Waals surface area contributed by atoms with Gasteiger partial charge >= 0.3 is 5.97 Å². The molecule has 18 heavy (non-hydrogen) atoms. The molecule has 1 aromatic carbocycles. The predicted molar refractivity (Wildman–Crippen MR) is 73.1 cm³/mol. The molecule has 0 unspecified atom stereocenters. The Kier molecular flexibility index (Phi) is 4.24. The molecule has 1 N–H and O–H groups in total. The minimum atomic E-state index is -0.772. The lowest BCUT2D eigenvalue weighted by molar-refractivity contribution is -0.136. The molecule has 1 aliphatic rings. The normalized spacial score (nSPS) is 15.8. The molecule has 0 heterocycles. The van der Waals surface area contributed by atoms with Crippen LogP contribution in [0.3, 0.4) is 0 Å². The highest BCUT2D eigenvalue weighted by Crippen LogP contribution is 2.28. The molecule has 3 heteroatoms. The van der Waals surface area contributed by atoms with Crippen molar-refractivity contribution in [3.05, 3.63) is 29.8 Å². The molecule has 0 atom stereocenters. The molecule has 0 spiro atoms. The number of carboxylic acids is 1. The minimum Gasteiger partial charge on any atom is -0.481 e. The Bertz CT molecular complexity index is 393. The third-order valence-corrected chi connectivity index (χ3v) is 3.73. The summed E-state index contributed by atoms with van der Waals surface area (Å²) >= 11 is 0. The van der Waals surface area contributed by atoms with Gasteiger partial charge < -0.3 is 10.0 Å². The number of hydrogen-bond donors (Lipinski definition) is 1. The Morgan fingerprint density at radius 2 is 1.89 bits per heavy atom. The fourth-order valence-corrected chi connectivity index (χ4v) is 2.85. The summed E-state index contributed by atoms with van der Waals surface area (Å²) in [6.45, 7) is 3.20. The topological polar surface area (TPSA) is 40.5 Å². The Morgan fingerprint density at radius 3 is 2.39 bits per heavy atom. The van der Waals surface area contributed by atoms with Crippen molar-refractivity contribution in [1.82, 2.24) is 0 Å². The van der Waals surface area contributed by atoms with Gasteiger partial charge in [-0.1, -0.05) is 25.0 Å². The van der Waals surface area contributed by atoms with Crippen molar-refractivity contribution in [2.24, 2.45) is 0 Å². The van der Waals surface area contributed by atoms with Crippen LogP contribution < -0.4 is 4.90 Å². The fraction of sp³-hybridized carbons (Fsp3) is 0.533. The second-order valence-electron chi connectivity index (χ2n) is 4.96. The Hall–Kier alpha value is -1.51. The van der Waals surface area contributed by atoms with Crippen molar-refractivity contribution >= 4 is 11.7 Å². The van der Waals surface area contributed by atoms with Crippen molar-refractivity contribution in [1.29, 1.82) is 0 Å². The van der Waals surface area contributed by atoms with Crippen LogP contribution in [-0.2, 0) is 11.2 Å². The lowest BCUT2D eigenvalue weighted by Gasteiger charge is -2.30. The number of carbonyl (C=O) groups is 1. The molecule has 0 amide bonds. The summed E-state index contributed by atoms with van der Waals surface area (Å²) in [5, 5.41) is 8.75. The standard InChI is InChI=1S/C15H21NO2/c1-2-16(13-5-3-4-6-13)14-9-7-12(8-10-14)11-15(17)18/h7-10,13H,2-6,11H2,1H3,(H,17,18). The SMILES string of the molecule is CCN(c1ccc(CC(=O)O)cc1)C1CCCC1. The van der Waals surface area contributed by atoms with E-state index in [4.69, 9.17) is 5.11 Å². The van der Waals surface area contributed by atoms with Crippen LogP contribution >= 0.6 is 0 Å². The zero-order chi connectivity index (χ0) is 13.0. The van der Waals surface area contributed by atoms with Gasteiger partial charge in [-0.05, 0) is 37.5 Å². The van der Waals surface area contributed by atoms with Crippen LogP contribution in [0.15, 0.2) is 24.3 Å². The smallest absolute Gasteiger partial charge is 0.307 e. The summed E-state index contributed by atoms with van der Waals surface area (Å²) in [4.78, 5) is 13.1. The number of hydrogen-bond acceptors (Lipinski definition) is 2. The molecule has 1 aliphatic carbocycles. The van der Waals surface area contributed by atoms with Gasteiger partial charge in [0, 0.05) is 18.3 Å². The number of carboxylic acid groups (broad SMARTS) is 1. The lowest BCUT2D eigenvalue weighted by Crippen LogP contribution is -2.32. The monoisotopic (exact) mass is 247 g/mol. The van der Waals surface area contributed by atoms with Gasteiger partial charge in [-0.15, -0.1) is 0 Å². The number of anilines is 1. The van der Waals surface area contributed by atoms with Crippen LogP contribution in [0, 0.1) is 0 Å². The maximum absolute atomic E-state index is 10.6. The van der Waals surface area contributed by atoms with Crippen molar-refractivity contribution in [3.8, 4) is 0 Å². The largest absolute Gasteiger partial charge is 0.481 e. The van der Waals surface area contributed by atoms with Gasteiger partial charge in [-0.25, -0.2) is 0 Å². The van der Waals surface area contributed by atoms with Gasteiger partial charge in [0.05, 0.1) is 6.42 Å². The second kappa shape index (κ2) is 5.89. The number of benzene rings is 1. The molecule has 0 radical (unpaired) electrons. The van der Waals surface area contributed by atoms with Gasteiger partial charge in [0.1, 0.15) is 0 Å². The first-order valence-electron chi connectivity index (χ1n) is 6.78. The molecule has 0 bridgehead atoms. The highest BCUT2D eigenvalue weighted by Gasteiger charge is 2.21. The first-order valence-corrected chi connectivity index (χ1v) is 6.78. The zero-order valence-electron chi connectivity index (χ0n) is 10.9. The summed E-state index contributed by atoms with van der Waals surface area (Å²) in [5.74, 6) is -0.772. The zero-order valence-corrected chi connectivity index (χ0v) is 10.9. The van der Waals surface area contributed by atoms with Gasteiger partial charge in [0.2, 0.25) is 0 Å². The second-order valence-corrected chi connectivity index (χ2v) is 4.96. The summed E-state index contributed by atoms with van der Waals surface area (Å²) < 4.78 is 0. The van der Waals surface area contributed by atoms with Gasteiger partial charge in [-0.2, -0.15) is 0 Å². The quantitative estimate of drug-likeness (QED) is 0.869. The van der Waals surface area contributed by atoms with Crippen molar-refractivity contribution in [3.63, 3.8) is 0 Å². The van der Waals surface area contributed by atoms with E-state index in [-0.39, 0.29) is 6.42 Å². The van der Waals surface area contributed by atoms with E-state index in [0.717, 1.165) is 12.1 Å². The molecular weight excluding hydrogens is 226 g/mol. The highest BCUT2D eigenvalue weighted by atomic mass is 16.4. The number of aliphatic carboxylic acids is 1. The average molecular weight is 247 g/mol. The molecule has 1 fully saturated rings. The fourth-order valence-electron chi connectivity index (χ4n) is 2.85. The predicted octanol–water partition coefficient (Wildman–Crippen LogP) is 3.08. The van der Waals surface area contributed by atoms with Crippen molar-refractivity contribution in [2.45, 2.75) is 45.1 Å². The molecule has 3 nitrogen and oxygen atoms in total. The van der Waals surface area contributed by atoms with E-state index in [1.807, 2.05) is 12.1 Å². The Balaban J connectivity index is 2.08. The average Bonchev–Trinajstić information content (AvgIpc) is 2.85. The first-order chi connectivity index (χ1) is 8.70. The van der Waals surface area contributed by atoms with Gasteiger partial charge in [0.15, 0.2) is 0 Å². The summed E-state index contributed by atoms with van der Waals surface area (Å²) in [5.41, 5.74) is 2.09. The van der Waals surface area contributed by atoms with E-state index >= 15 is 0 Å². The Labute approximate surface area is 108 Å². The molecular formula is C15H21NO2. The first kappa shape index (κ1) is 12.9. The van der Waals surface area contributed by atoms with Crippen LogP contribution in [-0.4, -0.2) is 23.7 Å². The lowest BCUT2D eigenvalue weighted by atomic mass is 10.1. The molecule has 98 valence electrons. The highest BCUT2D eigenvalue weighted by molar-refractivity contribution is 5.70. The van der Waals surface area contributed by atoms with E-state index < -0.39 is 5.97 Å². The van der Waals surface area contributed by atoms with Crippen LogP contribution in [0.25, 0.3) is 0 Å². The third-order valence-electron chi connectivity index (χ3n) is 3.73. The van der Waals surface area contributed by atoms with Crippen molar-refractivity contribution in [2.75, 3.05) is 11.4 Å². The van der Waals surface area contributed by atoms with Crippen LogP contribution in [0.2, 0.25) is 0 Å². The summed E-state index contributed by atoms with van der Waals surface area (Å²) in [7, 11) is 0. The maximum Gasteiger partial charge on any atom is 0.307 e. The van der Waals surface area contributed by atoms with E-state index in [1.54, 1.807) is 0 Å².